The molecule has 1 fully saturated rings. The van der Waals surface area contributed by atoms with E-state index in [0.29, 0.717) is 23.4 Å². The van der Waals surface area contributed by atoms with Crippen molar-refractivity contribution in [2.45, 2.75) is 12.8 Å². The van der Waals surface area contributed by atoms with E-state index in [1.165, 1.54) is 12.1 Å². The number of hydrogen-bond donors (Lipinski definition) is 2. The fraction of sp³-hybridized carbons (Fsp3) is 0.333. The number of para-hydroxylation sites is 1. The Kier molecular flexibility index (Phi) is 6.19. The number of rotatable bonds is 6. The molecule has 0 unspecified atom stereocenters. The van der Waals surface area contributed by atoms with Crippen LogP contribution in [0.3, 0.4) is 0 Å². The van der Waals surface area contributed by atoms with Gasteiger partial charge < -0.3 is 16.0 Å². The van der Waals surface area contributed by atoms with Crippen LogP contribution in [-0.2, 0) is 0 Å². The normalized spacial score (nSPS) is 15.4. The van der Waals surface area contributed by atoms with Crippen LogP contribution in [0.4, 0.5) is 10.1 Å². The van der Waals surface area contributed by atoms with E-state index in [0.717, 1.165) is 32.5 Å². The lowest BCUT2D eigenvalue weighted by atomic mass is 9.89. The van der Waals surface area contributed by atoms with Gasteiger partial charge in [-0.1, -0.05) is 12.1 Å². The Morgan fingerprint density at radius 1 is 1.07 bits per heavy atom. The zero-order valence-electron chi connectivity index (χ0n) is 15.2. The Morgan fingerprint density at radius 3 is 2.41 bits per heavy atom. The molecule has 3 rings (SSSR count). The highest BCUT2D eigenvalue weighted by molar-refractivity contribution is 5.99. The predicted octanol–water partition coefficient (Wildman–Crippen LogP) is 2.73. The van der Waals surface area contributed by atoms with Crippen LogP contribution in [0.15, 0.2) is 48.5 Å². The topological polar surface area (TPSA) is 75.4 Å². The monoisotopic (exact) mass is 369 g/mol. The fourth-order valence-corrected chi connectivity index (χ4v) is 3.40. The van der Waals surface area contributed by atoms with Crippen LogP contribution in [0.25, 0.3) is 0 Å². The smallest absolute Gasteiger partial charge is 0.253 e. The van der Waals surface area contributed by atoms with Crippen molar-refractivity contribution in [2.24, 2.45) is 5.92 Å². The van der Waals surface area contributed by atoms with Crippen molar-refractivity contribution in [1.82, 2.24) is 10.2 Å². The molecule has 0 radical (unpaired) electrons. The number of carbonyl (C=O) groups is 2. The van der Waals surface area contributed by atoms with Crippen LogP contribution in [0.2, 0.25) is 0 Å². The van der Waals surface area contributed by atoms with Gasteiger partial charge in [-0.2, -0.15) is 0 Å². The van der Waals surface area contributed by atoms with Crippen LogP contribution in [0, 0.1) is 11.7 Å². The number of amides is 1. The molecule has 1 saturated heterocycles. The van der Waals surface area contributed by atoms with Gasteiger partial charge in [-0.3, -0.25) is 9.59 Å². The average molecular weight is 369 g/mol. The van der Waals surface area contributed by atoms with E-state index in [1.807, 2.05) is 0 Å². The molecule has 142 valence electrons. The largest absolute Gasteiger partial charge is 0.398 e. The van der Waals surface area contributed by atoms with Gasteiger partial charge in [0.25, 0.3) is 5.91 Å². The van der Waals surface area contributed by atoms with Gasteiger partial charge in [0.05, 0.1) is 5.56 Å². The molecule has 1 heterocycles. The number of hydrogen-bond acceptors (Lipinski definition) is 4. The summed E-state index contributed by atoms with van der Waals surface area (Å²) >= 11 is 0. The van der Waals surface area contributed by atoms with Crippen molar-refractivity contribution >= 4 is 17.4 Å². The quantitative estimate of drug-likeness (QED) is 0.606. The molecule has 0 atom stereocenters. The van der Waals surface area contributed by atoms with Crippen molar-refractivity contribution in [3.05, 3.63) is 65.5 Å². The van der Waals surface area contributed by atoms with Gasteiger partial charge in [-0.05, 0) is 62.3 Å². The molecule has 0 aliphatic carbocycles. The lowest BCUT2D eigenvalue weighted by Crippen LogP contribution is -2.41. The number of carbonyl (C=O) groups excluding carboxylic acids is 2. The van der Waals surface area contributed by atoms with Crippen molar-refractivity contribution in [3.8, 4) is 0 Å². The molecule has 1 aliphatic heterocycles. The molecule has 0 aromatic heterocycles. The Labute approximate surface area is 158 Å². The van der Waals surface area contributed by atoms with Gasteiger partial charge in [0.1, 0.15) is 5.82 Å². The van der Waals surface area contributed by atoms with Gasteiger partial charge in [-0.25, -0.2) is 4.39 Å². The Morgan fingerprint density at radius 2 is 1.74 bits per heavy atom. The zero-order valence-corrected chi connectivity index (χ0v) is 15.2. The van der Waals surface area contributed by atoms with E-state index in [1.54, 1.807) is 36.4 Å². The van der Waals surface area contributed by atoms with E-state index < -0.39 is 0 Å². The van der Waals surface area contributed by atoms with Crippen LogP contribution in [0.1, 0.15) is 33.6 Å². The second kappa shape index (κ2) is 8.77. The first kappa shape index (κ1) is 19.0. The molecule has 5 nitrogen and oxygen atoms in total. The van der Waals surface area contributed by atoms with E-state index in [4.69, 9.17) is 5.73 Å². The number of nitrogens with zero attached hydrogens (tertiary/aromatic N) is 1. The maximum absolute atomic E-state index is 13.0. The van der Waals surface area contributed by atoms with Crippen LogP contribution in [0.5, 0.6) is 0 Å². The number of nitrogens with one attached hydrogen (secondary N) is 1. The van der Waals surface area contributed by atoms with E-state index in [-0.39, 0.29) is 23.4 Å². The minimum absolute atomic E-state index is 0.0228. The first-order chi connectivity index (χ1) is 13.0. The summed E-state index contributed by atoms with van der Waals surface area (Å²) in [4.78, 5) is 26.9. The summed E-state index contributed by atoms with van der Waals surface area (Å²) in [5, 5.41) is 2.89. The van der Waals surface area contributed by atoms with Gasteiger partial charge in [0.2, 0.25) is 0 Å². The summed E-state index contributed by atoms with van der Waals surface area (Å²) in [6, 6.07) is 12.7. The van der Waals surface area contributed by atoms with Crippen molar-refractivity contribution < 1.29 is 14.0 Å². The molecule has 2 aromatic carbocycles. The molecule has 0 spiro atoms. The second-order valence-corrected chi connectivity index (χ2v) is 6.83. The molecule has 6 heteroatoms. The fourth-order valence-electron chi connectivity index (χ4n) is 3.40. The van der Waals surface area contributed by atoms with Gasteiger partial charge in [0, 0.05) is 30.3 Å². The molecule has 27 heavy (non-hydrogen) atoms. The second-order valence-electron chi connectivity index (χ2n) is 6.83. The van der Waals surface area contributed by atoms with Gasteiger partial charge in [0.15, 0.2) is 5.78 Å². The molecule has 2 aromatic rings. The van der Waals surface area contributed by atoms with Crippen LogP contribution < -0.4 is 11.1 Å². The summed E-state index contributed by atoms with van der Waals surface area (Å²) in [6.07, 6.45) is 1.55. The number of nitrogen functional groups attached to an aromatic ring is 1. The minimum atomic E-state index is -0.333. The Balaban J connectivity index is 1.42. The maximum Gasteiger partial charge on any atom is 0.253 e. The third-order valence-electron chi connectivity index (χ3n) is 5.01. The van der Waals surface area contributed by atoms with Crippen molar-refractivity contribution in [2.75, 3.05) is 31.9 Å². The number of ketones is 1. The third-order valence-corrected chi connectivity index (χ3v) is 5.01. The van der Waals surface area contributed by atoms with E-state index in [2.05, 4.69) is 10.2 Å². The summed E-state index contributed by atoms with van der Waals surface area (Å²) in [5.41, 5.74) is 7.34. The highest BCUT2D eigenvalue weighted by Crippen LogP contribution is 2.21. The lowest BCUT2D eigenvalue weighted by molar-refractivity contribution is 0.0839. The first-order valence-corrected chi connectivity index (χ1v) is 9.19. The molecule has 0 bridgehead atoms. The lowest BCUT2D eigenvalue weighted by Gasteiger charge is -2.31. The maximum atomic E-state index is 13.0. The Hall–Kier alpha value is -2.73. The average Bonchev–Trinajstić information content (AvgIpc) is 2.69. The SMILES string of the molecule is Nc1ccccc1C(=O)NCCN1CCC(C(=O)c2ccc(F)cc2)CC1. The van der Waals surface area contributed by atoms with Crippen molar-refractivity contribution in [3.63, 3.8) is 0 Å². The molecular weight excluding hydrogens is 345 g/mol. The third kappa shape index (κ3) is 4.92. The molecule has 1 amide bonds. The number of halogens is 1. The number of benzene rings is 2. The predicted molar refractivity (Wildman–Crippen MR) is 103 cm³/mol. The number of Topliss-reactive ketones (excluding diaryl/α,β-unsaturated/α-hetero) is 1. The summed E-state index contributed by atoms with van der Waals surface area (Å²) in [6.45, 7) is 2.88. The first-order valence-electron chi connectivity index (χ1n) is 9.19. The highest BCUT2D eigenvalue weighted by Gasteiger charge is 2.25. The molecule has 1 aliphatic rings. The minimum Gasteiger partial charge on any atom is -0.398 e. The summed E-state index contributed by atoms with van der Waals surface area (Å²) in [5.74, 6) is -0.442. The van der Waals surface area contributed by atoms with E-state index >= 15 is 0 Å². The standard InChI is InChI=1S/C21H24FN3O2/c22-17-7-5-15(6-8-17)20(26)16-9-12-25(13-10-16)14-11-24-21(27)18-3-1-2-4-19(18)23/h1-8,16H,9-14,23H2,(H,24,27). The van der Waals surface area contributed by atoms with E-state index in [9.17, 15) is 14.0 Å². The summed E-state index contributed by atoms with van der Waals surface area (Å²) in [7, 11) is 0. The number of piperidine rings is 1. The van der Waals surface area contributed by atoms with Crippen LogP contribution in [-0.4, -0.2) is 42.8 Å². The Bertz CT molecular complexity index is 799. The van der Waals surface area contributed by atoms with Gasteiger partial charge in [-0.15, -0.1) is 0 Å². The van der Waals surface area contributed by atoms with Gasteiger partial charge >= 0.3 is 0 Å². The van der Waals surface area contributed by atoms with Crippen LogP contribution >= 0.6 is 0 Å². The van der Waals surface area contributed by atoms with Crippen molar-refractivity contribution in [1.29, 1.82) is 0 Å². The zero-order chi connectivity index (χ0) is 19.2. The molecular formula is C21H24FN3O2. The highest BCUT2D eigenvalue weighted by atomic mass is 19.1. The number of likely N-dealkylation sites (tertiary alicyclic amines) is 1. The molecule has 3 N–H and O–H groups in total. The number of anilines is 1. The molecule has 0 saturated carbocycles. The summed E-state index contributed by atoms with van der Waals surface area (Å²) < 4.78 is 13.0. The number of nitrogens with two attached hydrogens (primary N) is 1.